The summed E-state index contributed by atoms with van der Waals surface area (Å²) >= 11 is 0. The predicted octanol–water partition coefficient (Wildman–Crippen LogP) is 2.08. The normalized spacial score (nSPS) is 15.6. The zero-order chi connectivity index (χ0) is 16.2. The monoisotopic (exact) mass is 314 g/mol. The van der Waals surface area contributed by atoms with Crippen molar-refractivity contribution in [3.05, 3.63) is 42.1 Å². The van der Waals surface area contributed by atoms with Crippen LogP contribution in [-0.2, 0) is 11.2 Å². The molecule has 3 heterocycles. The van der Waals surface area contributed by atoms with Crippen LogP contribution in [0.1, 0.15) is 35.9 Å². The van der Waals surface area contributed by atoms with Crippen molar-refractivity contribution in [1.82, 2.24) is 19.4 Å². The molecule has 2 aromatic heterocycles. The summed E-state index contributed by atoms with van der Waals surface area (Å²) < 4.78 is 7.30. The zero-order valence-electron chi connectivity index (χ0n) is 13.6. The van der Waals surface area contributed by atoms with Crippen molar-refractivity contribution >= 4 is 5.91 Å². The number of carbonyl (C=O) groups is 1. The van der Waals surface area contributed by atoms with E-state index in [1.54, 1.807) is 12.4 Å². The summed E-state index contributed by atoms with van der Waals surface area (Å²) in [6.45, 7) is 3.50. The van der Waals surface area contributed by atoms with Crippen molar-refractivity contribution in [2.24, 2.45) is 0 Å². The van der Waals surface area contributed by atoms with Crippen LogP contribution in [0.25, 0.3) is 5.82 Å². The number of pyridine rings is 1. The Labute approximate surface area is 136 Å². The molecule has 1 amide bonds. The largest absolute Gasteiger partial charge is 0.381 e. The highest BCUT2D eigenvalue weighted by molar-refractivity contribution is 5.94. The minimum atomic E-state index is 0.0114. The Morgan fingerprint density at radius 2 is 2.13 bits per heavy atom. The molecule has 0 bridgehead atoms. The van der Waals surface area contributed by atoms with Gasteiger partial charge in [0.2, 0.25) is 0 Å². The van der Waals surface area contributed by atoms with Crippen LogP contribution in [0.4, 0.5) is 0 Å². The van der Waals surface area contributed by atoms with Crippen molar-refractivity contribution < 1.29 is 9.53 Å². The van der Waals surface area contributed by atoms with Crippen LogP contribution < -0.4 is 0 Å². The standard InChI is InChI=1S/C17H22N4O2/c1-3-15-18-8-9-21(15)16-5-4-13(12-19-16)17(22)20(2)14-6-10-23-11-7-14/h4-5,8-9,12,14H,3,6-7,10-11H2,1-2H3. The van der Waals surface area contributed by atoms with Gasteiger partial charge in [0, 0.05) is 51.3 Å². The summed E-state index contributed by atoms with van der Waals surface area (Å²) in [6.07, 6.45) is 7.91. The van der Waals surface area contributed by atoms with E-state index >= 15 is 0 Å². The van der Waals surface area contributed by atoms with Gasteiger partial charge in [0.05, 0.1) is 5.56 Å². The van der Waals surface area contributed by atoms with Crippen molar-refractivity contribution in [2.75, 3.05) is 20.3 Å². The highest BCUT2D eigenvalue weighted by Crippen LogP contribution is 2.16. The number of aromatic nitrogens is 3. The van der Waals surface area contributed by atoms with E-state index in [9.17, 15) is 4.79 Å². The van der Waals surface area contributed by atoms with Gasteiger partial charge in [-0.05, 0) is 25.0 Å². The van der Waals surface area contributed by atoms with Crippen molar-refractivity contribution in [2.45, 2.75) is 32.2 Å². The maximum atomic E-state index is 12.6. The second-order valence-corrected chi connectivity index (χ2v) is 5.73. The van der Waals surface area contributed by atoms with Gasteiger partial charge in [-0.15, -0.1) is 0 Å². The molecule has 2 aromatic rings. The lowest BCUT2D eigenvalue weighted by Crippen LogP contribution is -2.40. The predicted molar refractivity (Wildman–Crippen MR) is 86.7 cm³/mol. The molecule has 1 aliphatic heterocycles. The highest BCUT2D eigenvalue weighted by Gasteiger charge is 2.23. The van der Waals surface area contributed by atoms with Gasteiger partial charge in [0.25, 0.3) is 5.91 Å². The molecule has 0 atom stereocenters. The van der Waals surface area contributed by atoms with Crippen LogP contribution in [-0.4, -0.2) is 51.6 Å². The van der Waals surface area contributed by atoms with E-state index in [2.05, 4.69) is 16.9 Å². The Morgan fingerprint density at radius 3 is 2.78 bits per heavy atom. The third-order valence-electron chi connectivity index (χ3n) is 4.33. The number of aryl methyl sites for hydroxylation is 1. The highest BCUT2D eigenvalue weighted by atomic mass is 16.5. The lowest BCUT2D eigenvalue weighted by molar-refractivity contribution is 0.0362. The topological polar surface area (TPSA) is 60.2 Å². The Bertz CT molecular complexity index is 659. The average Bonchev–Trinajstić information content (AvgIpc) is 3.10. The molecule has 0 spiro atoms. The molecule has 0 aliphatic carbocycles. The Morgan fingerprint density at radius 1 is 1.35 bits per heavy atom. The maximum Gasteiger partial charge on any atom is 0.255 e. The van der Waals surface area contributed by atoms with E-state index in [1.807, 2.05) is 34.8 Å². The third-order valence-corrected chi connectivity index (χ3v) is 4.33. The van der Waals surface area contributed by atoms with Gasteiger partial charge < -0.3 is 9.64 Å². The van der Waals surface area contributed by atoms with Crippen LogP contribution in [0, 0.1) is 0 Å². The summed E-state index contributed by atoms with van der Waals surface area (Å²) in [6, 6.07) is 3.95. The van der Waals surface area contributed by atoms with Crippen molar-refractivity contribution in [3.8, 4) is 5.82 Å². The fourth-order valence-electron chi connectivity index (χ4n) is 2.90. The van der Waals surface area contributed by atoms with Crippen molar-refractivity contribution in [1.29, 1.82) is 0 Å². The summed E-state index contributed by atoms with van der Waals surface area (Å²) in [5.41, 5.74) is 0.612. The summed E-state index contributed by atoms with van der Waals surface area (Å²) in [5.74, 6) is 1.75. The Hall–Kier alpha value is -2.21. The minimum Gasteiger partial charge on any atom is -0.381 e. The zero-order valence-corrected chi connectivity index (χ0v) is 13.6. The number of rotatable bonds is 4. The van der Waals surface area contributed by atoms with E-state index in [-0.39, 0.29) is 11.9 Å². The molecule has 6 heteroatoms. The SMILES string of the molecule is CCc1nccn1-c1ccc(C(=O)N(C)C2CCOCC2)cn1. The first kappa shape index (κ1) is 15.7. The van der Waals surface area contributed by atoms with Gasteiger partial charge in [-0.2, -0.15) is 0 Å². The second kappa shape index (κ2) is 6.91. The Balaban J connectivity index is 1.75. The smallest absolute Gasteiger partial charge is 0.255 e. The molecule has 1 saturated heterocycles. The lowest BCUT2D eigenvalue weighted by atomic mass is 10.1. The first-order valence-electron chi connectivity index (χ1n) is 8.04. The Kier molecular flexibility index (Phi) is 4.71. The van der Waals surface area contributed by atoms with Crippen LogP contribution >= 0.6 is 0 Å². The molecular formula is C17H22N4O2. The molecule has 0 aromatic carbocycles. The molecule has 23 heavy (non-hydrogen) atoms. The second-order valence-electron chi connectivity index (χ2n) is 5.73. The lowest BCUT2D eigenvalue weighted by Gasteiger charge is -2.31. The van der Waals surface area contributed by atoms with E-state index < -0.39 is 0 Å². The number of carbonyl (C=O) groups excluding carboxylic acids is 1. The van der Waals surface area contributed by atoms with E-state index in [4.69, 9.17) is 4.74 Å². The summed E-state index contributed by atoms with van der Waals surface area (Å²) in [4.78, 5) is 23.1. The molecule has 1 fully saturated rings. The number of hydrogen-bond acceptors (Lipinski definition) is 4. The van der Waals surface area contributed by atoms with Crippen molar-refractivity contribution in [3.63, 3.8) is 0 Å². The van der Waals surface area contributed by atoms with Crippen LogP contribution in [0.5, 0.6) is 0 Å². The van der Waals surface area contributed by atoms with E-state index in [0.29, 0.717) is 5.56 Å². The number of ether oxygens (including phenoxy) is 1. The van der Waals surface area contributed by atoms with Crippen LogP contribution in [0.15, 0.2) is 30.7 Å². The third kappa shape index (κ3) is 3.27. The fourth-order valence-corrected chi connectivity index (χ4v) is 2.90. The molecule has 0 unspecified atom stereocenters. The van der Waals surface area contributed by atoms with Gasteiger partial charge in [0.15, 0.2) is 0 Å². The van der Waals surface area contributed by atoms with Gasteiger partial charge >= 0.3 is 0 Å². The van der Waals surface area contributed by atoms with Crippen LogP contribution in [0.2, 0.25) is 0 Å². The first-order chi connectivity index (χ1) is 11.2. The number of imidazole rings is 1. The van der Waals surface area contributed by atoms with E-state index in [1.165, 1.54) is 0 Å². The molecule has 1 aliphatic rings. The van der Waals surface area contributed by atoms with Gasteiger partial charge in [-0.1, -0.05) is 6.92 Å². The number of hydrogen-bond donors (Lipinski definition) is 0. The summed E-state index contributed by atoms with van der Waals surface area (Å²) in [5, 5.41) is 0. The molecule has 3 rings (SSSR count). The fraction of sp³-hybridized carbons (Fsp3) is 0.471. The van der Waals surface area contributed by atoms with Crippen LogP contribution in [0.3, 0.4) is 0 Å². The average molecular weight is 314 g/mol. The van der Waals surface area contributed by atoms with Gasteiger partial charge in [0.1, 0.15) is 11.6 Å². The molecule has 6 nitrogen and oxygen atoms in total. The quantitative estimate of drug-likeness (QED) is 0.867. The minimum absolute atomic E-state index is 0.0114. The molecule has 122 valence electrons. The number of amides is 1. The maximum absolute atomic E-state index is 12.6. The first-order valence-corrected chi connectivity index (χ1v) is 8.04. The van der Waals surface area contributed by atoms with Gasteiger partial charge in [-0.25, -0.2) is 9.97 Å². The molecule has 0 N–H and O–H groups in total. The molecule has 0 saturated carbocycles. The molecular weight excluding hydrogens is 292 g/mol. The van der Waals surface area contributed by atoms with Gasteiger partial charge in [-0.3, -0.25) is 9.36 Å². The molecule has 0 radical (unpaired) electrons. The number of nitrogens with zero attached hydrogens (tertiary/aromatic N) is 4. The summed E-state index contributed by atoms with van der Waals surface area (Å²) in [7, 11) is 1.86. The van der Waals surface area contributed by atoms with E-state index in [0.717, 1.165) is 44.1 Å².